The van der Waals surface area contributed by atoms with Crippen LogP contribution in [-0.4, -0.2) is 49.6 Å². The van der Waals surface area contributed by atoms with Crippen LogP contribution in [0.1, 0.15) is 63.0 Å². The number of carbonyl (C=O) groups excluding carboxylic acids is 3. The summed E-state index contributed by atoms with van der Waals surface area (Å²) >= 11 is 0. The molecule has 7 nitrogen and oxygen atoms in total. The number of carbonyl (C=O) groups is 3. The Morgan fingerprint density at radius 1 is 1.03 bits per heavy atom. The van der Waals surface area contributed by atoms with Crippen LogP contribution in [-0.2, 0) is 14.3 Å². The molecule has 3 N–H and O–H groups in total. The molecule has 7 heteroatoms. The average Bonchev–Trinajstić information content (AvgIpc) is 3.51. The fourth-order valence-electron chi connectivity index (χ4n) is 5.26. The van der Waals surface area contributed by atoms with Gasteiger partial charge >= 0.3 is 6.09 Å². The van der Waals surface area contributed by atoms with Crippen LogP contribution in [0, 0.1) is 5.92 Å². The van der Waals surface area contributed by atoms with Crippen molar-refractivity contribution in [2.75, 3.05) is 19.7 Å². The Labute approximate surface area is 213 Å². The van der Waals surface area contributed by atoms with E-state index in [0.717, 1.165) is 19.4 Å². The molecule has 0 spiro atoms. The Balaban J connectivity index is 1.25. The van der Waals surface area contributed by atoms with E-state index in [1.165, 1.54) is 22.3 Å². The SMILES string of the molecule is CC(C)NC(=O)[C@H](CCCNC(=O)OCC1c2ccccc2-c2ccccc21)CC(=O)[C@@H]1CCCN1. The molecule has 2 aliphatic rings. The molecule has 1 saturated heterocycles. The van der Waals surface area contributed by atoms with Crippen LogP contribution >= 0.6 is 0 Å². The fourth-order valence-corrected chi connectivity index (χ4v) is 5.26. The lowest BCUT2D eigenvalue weighted by Gasteiger charge is -2.20. The van der Waals surface area contributed by atoms with Crippen LogP contribution in [0.5, 0.6) is 0 Å². The maximum absolute atomic E-state index is 12.7. The number of alkyl carbamates (subject to hydrolysis) is 1. The van der Waals surface area contributed by atoms with E-state index in [9.17, 15) is 14.4 Å². The largest absolute Gasteiger partial charge is 0.449 e. The number of rotatable bonds is 11. The summed E-state index contributed by atoms with van der Waals surface area (Å²) in [6, 6.07) is 16.3. The van der Waals surface area contributed by atoms with E-state index in [-0.39, 0.29) is 42.7 Å². The van der Waals surface area contributed by atoms with Gasteiger partial charge < -0.3 is 20.7 Å². The van der Waals surface area contributed by atoms with Gasteiger partial charge in [-0.05, 0) is 68.3 Å². The van der Waals surface area contributed by atoms with Crippen molar-refractivity contribution in [3.8, 4) is 11.1 Å². The third-order valence-corrected chi connectivity index (χ3v) is 7.04. The zero-order chi connectivity index (χ0) is 25.5. The lowest BCUT2D eigenvalue weighted by Crippen LogP contribution is -2.39. The van der Waals surface area contributed by atoms with Gasteiger partial charge in [-0.15, -0.1) is 0 Å². The topological polar surface area (TPSA) is 96.5 Å². The molecule has 36 heavy (non-hydrogen) atoms. The minimum Gasteiger partial charge on any atom is -0.449 e. The maximum atomic E-state index is 12.7. The summed E-state index contributed by atoms with van der Waals surface area (Å²) in [4.78, 5) is 37.8. The van der Waals surface area contributed by atoms with Gasteiger partial charge in [0.25, 0.3) is 0 Å². The molecular formula is C29H37N3O4. The second kappa shape index (κ2) is 12.2. The summed E-state index contributed by atoms with van der Waals surface area (Å²) < 4.78 is 5.59. The lowest BCUT2D eigenvalue weighted by atomic mass is 9.92. The van der Waals surface area contributed by atoms with Crippen LogP contribution in [0.4, 0.5) is 4.79 Å². The normalized spacial score (nSPS) is 17.4. The minimum absolute atomic E-state index is 0.0126. The Morgan fingerprint density at radius 2 is 1.69 bits per heavy atom. The zero-order valence-electron chi connectivity index (χ0n) is 21.2. The van der Waals surface area contributed by atoms with Crippen LogP contribution in [0.25, 0.3) is 11.1 Å². The van der Waals surface area contributed by atoms with Gasteiger partial charge in [0, 0.05) is 30.8 Å². The number of hydrogen-bond acceptors (Lipinski definition) is 5. The van der Waals surface area contributed by atoms with E-state index in [1.807, 2.05) is 38.1 Å². The Bertz CT molecular complexity index is 1030. The van der Waals surface area contributed by atoms with Crippen LogP contribution < -0.4 is 16.0 Å². The van der Waals surface area contributed by atoms with Gasteiger partial charge in [0.05, 0.1) is 6.04 Å². The van der Waals surface area contributed by atoms with Crippen molar-refractivity contribution in [3.63, 3.8) is 0 Å². The van der Waals surface area contributed by atoms with Crippen molar-refractivity contribution >= 4 is 17.8 Å². The van der Waals surface area contributed by atoms with E-state index >= 15 is 0 Å². The molecule has 2 atom stereocenters. The molecule has 1 fully saturated rings. The molecule has 0 radical (unpaired) electrons. The van der Waals surface area contributed by atoms with Crippen molar-refractivity contribution < 1.29 is 19.1 Å². The van der Waals surface area contributed by atoms with Crippen LogP contribution in [0.15, 0.2) is 48.5 Å². The average molecular weight is 492 g/mol. The highest BCUT2D eigenvalue weighted by molar-refractivity contribution is 5.90. The summed E-state index contributed by atoms with van der Waals surface area (Å²) in [6.45, 7) is 5.32. The van der Waals surface area contributed by atoms with E-state index in [0.29, 0.717) is 19.4 Å². The molecule has 4 rings (SSSR count). The number of Topliss-reactive ketones (excluding diaryl/α,β-unsaturated/α-hetero) is 1. The molecule has 0 bridgehead atoms. The maximum Gasteiger partial charge on any atom is 0.407 e. The van der Waals surface area contributed by atoms with Crippen molar-refractivity contribution in [2.24, 2.45) is 5.92 Å². The van der Waals surface area contributed by atoms with Gasteiger partial charge in [-0.1, -0.05) is 48.5 Å². The zero-order valence-corrected chi connectivity index (χ0v) is 21.2. The monoisotopic (exact) mass is 491 g/mol. The predicted octanol–water partition coefficient (Wildman–Crippen LogP) is 4.16. The smallest absolute Gasteiger partial charge is 0.407 e. The molecule has 1 heterocycles. The molecular weight excluding hydrogens is 454 g/mol. The lowest BCUT2D eigenvalue weighted by molar-refractivity contribution is -0.130. The summed E-state index contributed by atoms with van der Waals surface area (Å²) in [6.07, 6.45) is 2.70. The third-order valence-electron chi connectivity index (χ3n) is 7.04. The summed E-state index contributed by atoms with van der Waals surface area (Å²) in [5, 5.41) is 8.96. The van der Waals surface area contributed by atoms with Gasteiger partial charge in [0.1, 0.15) is 6.61 Å². The van der Waals surface area contributed by atoms with Crippen molar-refractivity contribution in [3.05, 3.63) is 59.7 Å². The van der Waals surface area contributed by atoms with E-state index in [1.54, 1.807) is 0 Å². The van der Waals surface area contributed by atoms with Crippen molar-refractivity contribution in [1.82, 2.24) is 16.0 Å². The van der Waals surface area contributed by atoms with Gasteiger partial charge in [0.15, 0.2) is 5.78 Å². The highest BCUT2D eigenvalue weighted by Crippen LogP contribution is 2.44. The number of fused-ring (bicyclic) bond motifs is 3. The second-order valence-electron chi connectivity index (χ2n) is 10.1. The summed E-state index contributed by atoms with van der Waals surface area (Å²) in [7, 11) is 0. The van der Waals surface area contributed by atoms with Gasteiger partial charge in [-0.25, -0.2) is 4.79 Å². The van der Waals surface area contributed by atoms with Gasteiger partial charge in [-0.2, -0.15) is 0 Å². The molecule has 192 valence electrons. The molecule has 0 aromatic heterocycles. The van der Waals surface area contributed by atoms with Gasteiger partial charge in [0.2, 0.25) is 5.91 Å². The molecule has 1 aliphatic heterocycles. The Hall–Kier alpha value is -3.19. The van der Waals surface area contributed by atoms with Crippen molar-refractivity contribution in [2.45, 2.75) is 64.0 Å². The molecule has 0 unspecified atom stereocenters. The first-order chi connectivity index (χ1) is 17.4. The molecule has 2 aromatic rings. The fraction of sp³-hybridized carbons (Fsp3) is 0.483. The molecule has 0 saturated carbocycles. The number of amides is 2. The van der Waals surface area contributed by atoms with Crippen LogP contribution in [0.2, 0.25) is 0 Å². The van der Waals surface area contributed by atoms with E-state index in [2.05, 4.69) is 40.2 Å². The first-order valence-electron chi connectivity index (χ1n) is 13.1. The molecule has 2 aromatic carbocycles. The first-order valence-corrected chi connectivity index (χ1v) is 13.1. The summed E-state index contributed by atoms with van der Waals surface area (Å²) in [5.74, 6) is -0.382. The number of hydrogen-bond donors (Lipinski definition) is 3. The molecule has 1 aliphatic carbocycles. The van der Waals surface area contributed by atoms with Crippen LogP contribution in [0.3, 0.4) is 0 Å². The summed E-state index contributed by atoms with van der Waals surface area (Å²) in [5.41, 5.74) is 4.73. The number of ketones is 1. The predicted molar refractivity (Wildman–Crippen MR) is 140 cm³/mol. The first kappa shape index (κ1) is 25.9. The minimum atomic E-state index is -0.466. The van der Waals surface area contributed by atoms with E-state index < -0.39 is 12.0 Å². The molecule has 2 amide bonds. The quantitative estimate of drug-likeness (QED) is 0.410. The number of benzene rings is 2. The van der Waals surface area contributed by atoms with E-state index in [4.69, 9.17) is 4.74 Å². The number of ether oxygens (including phenoxy) is 1. The van der Waals surface area contributed by atoms with Crippen molar-refractivity contribution in [1.29, 1.82) is 0 Å². The second-order valence-corrected chi connectivity index (χ2v) is 10.1. The highest BCUT2D eigenvalue weighted by atomic mass is 16.5. The third kappa shape index (κ3) is 6.32. The Kier molecular flexibility index (Phi) is 8.75. The highest BCUT2D eigenvalue weighted by Gasteiger charge is 2.30. The standard InChI is InChI=1S/C29H37N3O4/c1-19(2)32-28(34)20(17-27(33)26-14-8-15-30-26)9-7-16-31-29(35)36-18-25-23-12-5-3-10-21(23)22-11-4-6-13-24(22)25/h3-6,10-13,19-20,25-26,30H,7-9,14-18H2,1-2H3,(H,31,35)(H,32,34)/t20-,26+/m1/s1. The number of nitrogens with one attached hydrogen (secondary N) is 3. The van der Waals surface area contributed by atoms with Gasteiger partial charge in [-0.3, -0.25) is 9.59 Å². The Morgan fingerprint density at radius 3 is 2.31 bits per heavy atom.